The second-order valence-corrected chi connectivity index (χ2v) is 8.80. The highest BCUT2D eigenvalue weighted by Gasteiger charge is 2.19. The molecular formula is C26H24Cl2N4O3. The second-order valence-electron chi connectivity index (χ2n) is 8.04. The van der Waals surface area contributed by atoms with Crippen molar-refractivity contribution < 1.29 is 14.2 Å². The van der Waals surface area contributed by atoms with E-state index in [1.54, 1.807) is 20.3 Å². The molecule has 9 heteroatoms. The van der Waals surface area contributed by atoms with Gasteiger partial charge in [0.2, 0.25) is 0 Å². The van der Waals surface area contributed by atoms with E-state index < -0.39 is 0 Å². The van der Waals surface area contributed by atoms with Crippen LogP contribution >= 0.6 is 23.2 Å². The fourth-order valence-corrected chi connectivity index (χ4v) is 4.82. The molecule has 0 unspecified atom stereocenters. The monoisotopic (exact) mass is 510 g/mol. The molecule has 2 aromatic heterocycles. The SMILES string of the molecule is COc1cc(OC)c(Cl)c(-c2ccc3cc(Nc4ccc(N5CCOCC5)cn4)ncc3c2)c1Cl. The minimum atomic E-state index is 0.426. The van der Waals surface area contributed by atoms with Crippen LogP contribution in [0, 0.1) is 0 Å². The number of ether oxygens (including phenoxy) is 3. The summed E-state index contributed by atoms with van der Waals surface area (Å²) in [6.45, 7) is 3.24. The predicted molar refractivity (Wildman–Crippen MR) is 141 cm³/mol. The average Bonchev–Trinajstić information content (AvgIpc) is 2.90. The summed E-state index contributed by atoms with van der Waals surface area (Å²) < 4.78 is 16.2. The van der Waals surface area contributed by atoms with Gasteiger partial charge in [0.25, 0.3) is 0 Å². The summed E-state index contributed by atoms with van der Waals surface area (Å²) in [5, 5.41) is 6.09. The molecule has 1 aliphatic heterocycles. The number of morpholine rings is 1. The van der Waals surface area contributed by atoms with Crippen molar-refractivity contribution in [3.8, 4) is 22.6 Å². The molecule has 0 atom stereocenters. The van der Waals surface area contributed by atoms with Gasteiger partial charge in [-0.1, -0.05) is 35.3 Å². The van der Waals surface area contributed by atoms with Crippen molar-refractivity contribution >= 4 is 51.3 Å². The lowest BCUT2D eigenvalue weighted by atomic mass is 10.0. The number of nitrogens with zero attached hydrogens (tertiary/aromatic N) is 3. The van der Waals surface area contributed by atoms with Gasteiger partial charge < -0.3 is 24.4 Å². The molecule has 2 aromatic carbocycles. The number of anilines is 3. The van der Waals surface area contributed by atoms with Gasteiger partial charge in [0, 0.05) is 36.3 Å². The lowest BCUT2D eigenvalue weighted by Crippen LogP contribution is -2.36. The number of fused-ring (bicyclic) bond motifs is 1. The lowest BCUT2D eigenvalue weighted by molar-refractivity contribution is 0.122. The fourth-order valence-electron chi connectivity index (χ4n) is 4.10. The van der Waals surface area contributed by atoms with Gasteiger partial charge in [0.15, 0.2) is 0 Å². The van der Waals surface area contributed by atoms with Crippen LogP contribution in [0.25, 0.3) is 21.9 Å². The zero-order valence-electron chi connectivity index (χ0n) is 19.3. The van der Waals surface area contributed by atoms with Crippen molar-refractivity contribution in [2.24, 2.45) is 0 Å². The van der Waals surface area contributed by atoms with Crippen LogP contribution in [0.3, 0.4) is 0 Å². The number of methoxy groups -OCH3 is 2. The van der Waals surface area contributed by atoms with Gasteiger partial charge in [0.1, 0.15) is 23.1 Å². The molecule has 0 amide bonds. The Balaban J connectivity index is 1.40. The molecule has 180 valence electrons. The minimum absolute atomic E-state index is 0.426. The molecule has 4 aromatic rings. The molecule has 1 aliphatic rings. The van der Waals surface area contributed by atoms with Gasteiger partial charge in [-0.3, -0.25) is 0 Å². The predicted octanol–water partition coefficient (Wildman–Crippen LogP) is 6.20. The fraction of sp³-hybridized carbons (Fsp3) is 0.231. The molecule has 3 heterocycles. The first-order chi connectivity index (χ1) is 17.1. The van der Waals surface area contributed by atoms with Crippen LogP contribution in [0.15, 0.2) is 54.9 Å². The molecule has 35 heavy (non-hydrogen) atoms. The molecule has 0 saturated carbocycles. The molecule has 1 fully saturated rings. The normalized spacial score (nSPS) is 13.7. The van der Waals surface area contributed by atoms with Crippen molar-refractivity contribution in [3.05, 3.63) is 64.9 Å². The number of benzene rings is 2. The number of hydrogen-bond acceptors (Lipinski definition) is 7. The summed E-state index contributed by atoms with van der Waals surface area (Å²) in [6.07, 6.45) is 3.68. The number of rotatable bonds is 6. The first kappa shape index (κ1) is 23.5. The molecular weight excluding hydrogens is 487 g/mol. The molecule has 5 rings (SSSR count). The number of nitrogens with one attached hydrogen (secondary N) is 1. The van der Waals surface area contributed by atoms with Gasteiger partial charge in [-0.2, -0.15) is 0 Å². The van der Waals surface area contributed by atoms with Gasteiger partial charge in [0.05, 0.1) is 49.4 Å². The van der Waals surface area contributed by atoms with E-state index in [9.17, 15) is 0 Å². The van der Waals surface area contributed by atoms with E-state index >= 15 is 0 Å². The average molecular weight is 511 g/mol. The smallest absolute Gasteiger partial charge is 0.141 e. The van der Waals surface area contributed by atoms with E-state index in [4.69, 9.17) is 37.4 Å². The van der Waals surface area contributed by atoms with Crippen molar-refractivity contribution in [2.45, 2.75) is 0 Å². The van der Waals surface area contributed by atoms with E-state index in [0.29, 0.717) is 32.9 Å². The quantitative estimate of drug-likeness (QED) is 0.331. The zero-order chi connectivity index (χ0) is 24.4. The van der Waals surface area contributed by atoms with Crippen LogP contribution in [0.4, 0.5) is 17.3 Å². The number of halogens is 2. The maximum Gasteiger partial charge on any atom is 0.141 e. The van der Waals surface area contributed by atoms with Gasteiger partial charge in [-0.25, -0.2) is 9.97 Å². The highest BCUT2D eigenvalue weighted by atomic mass is 35.5. The number of aromatic nitrogens is 2. The van der Waals surface area contributed by atoms with Crippen LogP contribution in [-0.2, 0) is 4.74 Å². The minimum Gasteiger partial charge on any atom is -0.495 e. The Kier molecular flexibility index (Phi) is 6.81. The van der Waals surface area contributed by atoms with Crippen LogP contribution < -0.4 is 19.7 Å². The molecule has 0 radical (unpaired) electrons. The molecule has 0 bridgehead atoms. The summed E-state index contributed by atoms with van der Waals surface area (Å²) in [5.74, 6) is 2.42. The van der Waals surface area contributed by atoms with E-state index in [0.717, 1.165) is 54.1 Å². The first-order valence-corrected chi connectivity index (χ1v) is 11.9. The third-order valence-corrected chi connectivity index (χ3v) is 6.71. The second kappa shape index (κ2) is 10.2. The third-order valence-electron chi connectivity index (χ3n) is 5.96. The maximum absolute atomic E-state index is 6.60. The van der Waals surface area contributed by atoms with Crippen molar-refractivity contribution in [1.29, 1.82) is 0 Å². The van der Waals surface area contributed by atoms with E-state index in [1.165, 1.54) is 0 Å². The Hall–Kier alpha value is -3.26. The van der Waals surface area contributed by atoms with Crippen LogP contribution in [-0.4, -0.2) is 50.5 Å². The summed E-state index contributed by atoms with van der Waals surface area (Å²) in [5.41, 5.74) is 2.58. The van der Waals surface area contributed by atoms with Crippen molar-refractivity contribution in [3.63, 3.8) is 0 Å². The Morgan fingerprint density at radius 3 is 2.20 bits per heavy atom. The van der Waals surface area contributed by atoms with Gasteiger partial charge in [-0.15, -0.1) is 0 Å². The largest absolute Gasteiger partial charge is 0.495 e. The number of pyridine rings is 2. The number of hydrogen-bond donors (Lipinski definition) is 1. The van der Waals surface area contributed by atoms with Crippen molar-refractivity contribution in [1.82, 2.24) is 9.97 Å². The summed E-state index contributed by atoms with van der Waals surface area (Å²) in [7, 11) is 3.12. The summed E-state index contributed by atoms with van der Waals surface area (Å²) in [6, 6.07) is 13.6. The van der Waals surface area contributed by atoms with Crippen molar-refractivity contribution in [2.75, 3.05) is 50.7 Å². The molecule has 1 N–H and O–H groups in total. The highest BCUT2D eigenvalue weighted by molar-refractivity contribution is 6.41. The highest BCUT2D eigenvalue weighted by Crippen LogP contribution is 2.46. The molecule has 0 aliphatic carbocycles. The topological polar surface area (TPSA) is 68.7 Å². The summed E-state index contributed by atoms with van der Waals surface area (Å²) >= 11 is 13.2. The lowest BCUT2D eigenvalue weighted by Gasteiger charge is -2.28. The van der Waals surface area contributed by atoms with Gasteiger partial charge in [-0.05, 0) is 35.2 Å². The van der Waals surface area contributed by atoms with E-state index in [2.05, 4.69) is 26.3 Å². The van der Waals surface area contributed by atoms with Crippen LogP contribution in [0.2, 0.25) is 10.0 Å². The Morgan fingerprint density at radius 1 is 0.829 bits per heavy atom. The molecule has 1 saturated heterocycles. The molecule has 0 spiro atoms. The zero-order valence-corrected chi connectivity index (χ0v) is 20.9. The first-order valence-electron chi connectivity index (χ1n) is 11.1. The Morgan fingerprint density at radius 2 is 1.54 bits per heavy atom. The molecule has 7 nitrogen and oxygen atoms in total. The van der Waals surface area contributed by atoms with Gasteiger partial charge >= 0.3 is 0 Å². The maximum atomic E-state index is 6.60. The van der Waals surface area contributed by atoms with Crippen LogP contribution in [0.1, 0.15) is 0 Å². The Labute approximate surface area is 213 Å². The third kappa shape index (κ3) is 4.80. The van der Waals surface area contributed by atoms with Crippen LogP contribution in [0.5, 0.6) is 11.5 Å². The van der Waals surface area contributed by atoms with E-state index in [1.807, 2.05) is 42.7 Å². The standard InChI is InChI=1S/C26H24Cl2N4O3/c1-33-20-13-21(34-2)26(28)24(25(20)27)17-4-3-16-12-23(29-14-18(16)11-17)31-22-6-5-19(15-30-22)32-7-9-35-10-8-32/h3-6,11-15H,7-10H2,1-2H3,(H,29,30,31). The Bertz CT molecular complexity index is 1330. The van der Waals surface area contributed by atoms with E-state index in [-0.39, 0.29) is 0 Å². The summed E-state index contributed by atoms with van der Waals surface area (Å²) in [4.78, 5) is 11.4.